The number of nitrogens with one attached hydrogen (secondary N) is 1. The molecule has 5 aromatic rings. The molecule has 0 fully saturated rings. The summed E-state index contributed by atoms with van der Waals surface area (Å²) in [5, 5.41) is 4.80. The number of hydrogen-bond donors (Lipinski definition) is 2. The van der Waals surface area contributed by atoms with Crippen LogP contribution in [0.1, 0.15) is 5.56 Å². The van der Waals surface area contributed by atoms with Gasteiger partial charge in [0.05, 0.1) is 16.7 Å². The van der Waals surface area contributed by atoms with E-state index < -0.39 is 0 Å². The van der Waals surface area contributed by atoms with Crippen LogP contribution < -0.4 is 11.1 Å². The number of aromatic nitrogens is 3. The van der Waals surface area contributed by atoms with E-state index in [1.165, 1.54) is 15.8 Å². The molecule has 0 amide bonds. The number of nitrogens with zero attached hydrogens (tertiary/aromatic N) is 3. The highest BCUT2D eigenvalue weighted by Gasteiger charge is 2.12. The summed E-state index contributed by atoms with van der Waals surface area (Å²) in [7, 11) is 2.06. The SMILES string of the molecule is CSc1ccc(CN)cc1Nc1cc(-c2ccc3c(ccn3C)c2)c2nccnc2c1. The Morgan fingerprint density at radius 3 is 2.71 bits per heavy atom. The van der Waals surface area contributed by atoms with E-state index in [1.807, 2.05) is 6.07 Å². The van der Waals surface area contributed by atoms with Crippen molar-refractivity contribution in [3.05, 3.63) is 78.8 Å². The summed E-state index contributed by atoms with van der Waals surface area (Å²) in [6.45, 7) is 0.509. The van der Waals surface area contributed by atoms with Crippen LogP contribution in [0.4, 0.5) is 11.4 Å². The number of anilines is 2. The van der Waals surface area contributed by atoms with Crippen molar-refractivity contribution in [1.29, 1.82) is 0 Å². The molecule has 6 heteroatoms. The van der Waals surface area contributed by atoms with Gasteiger partial charge in [0, 0.05) is 59.2 Å². The van der Waals surface area contributed by atoms with E-state index in [2.05, 4.69) is 87.9 Å². The lowest BCUT2D eigenvalue weighted by molar-refractivity contribution is 0.969. The van der Waals surface area contributed by atoms with Crippen LogP contribution in [-0.2, 0) is 13.6 Å². The van der Waals surface area contributed by atoms with Crippen molar-refractivity contribution in [3.63, 3.8) is 0 Å². The minimum absolute atomic E-state index is 0.509. The summed E-state index contributed by atoms with van der Waals surface area (Å²) in [5.41, 5.74) is 14.1. The standard InChI is InChI=1S/C25H23N5S/c1-30-10-7-18-12-17(4-5-23(18)30)20-13-19(14-22-25(20)28-9-8-27-22)29-21-11-16(15-26)3-6-24(21)31-2/h3-14,29H,15,26H2,1-2H3. The minimum Gasteiger partial charge on any atom is -0.355 e. The van der Waals surface area contributed by atoms with Crippen molar-refractivity contribution in [2.24, 2.45) is 12.8 Å². The summed E-state index contributed by atoms with van der Waals surface area (Å²) >= 11 is 1.71. The molecular weight excluding hydrogens is 402 g/mol. The monoisotopic (exact) mass is 425 g/mol. The predicted octanol–water partition coefficient (Wildman–Crippen LogP) is 5.71. The maximum Gasteiger partial charge on any atom is 0.0966 e. The van der Waals surface area contributed by atoms with Gasteiger partial charge in [-0.15, -0.1) is 11.8 Å². The highest BCUT2D eigenvalue weighted by Crippen LogP contribution is 2.35. The summed E-state index contributed by atoms with van der Waals surface area (Å²) in [5.74, 6) is 0. The van der Waals surface area contributed by atoms with Gasteiger partial charge in [0.15, 0.2) is 0 Å². The molecule has 0 saturated carbocycles. The third-order valence-electron chi connectivity index (χ3n) is 5.55. The lowest BCUT2D eigenvalue weighted by Gasteiger charge is -2.15. The zero-order valence-electron chi connectivity index (χ0n) is 17.5. The Hall–Kier alpha value is -3.35. The van der Waals surface area contributed by atoms with Crippen LogP contribution in [0.25, 0.3) is 33.1 Å². The molecule has 0 aliphatic carbocycles. The van der Waals surface area contributed by atoms with E-state index >= 15 is 0 Å². The molecule has 0 aliphatic heterocycles. The summed E-state index contributed by atoms with van der Waals surface area (Å²) in [6, 6.07) is 19.2. The second kappa shape index (κ2) is 8.06. The smallest absolute Gasteiger partial charge is 0.0966 e. The molecule has 5 rings (SSSR count). The molecule has 3 N–H and O–H groups in total. The van der Waals surface area contributed by atoms with Gasteiger partial charge in [-0.3, -0.25) is 9.97 Å². The number of rotatable bonds is 5. The number of aryl methyl sites for hydroxylation is 1. The van der Waals surface area contributed by atoms with Crippen molar-refractivity contribution in [1.82, 2.24) is 14.5 Å². The molecule has 3 aromatic carbocycles. The number of nitrogens with two attached hydrogens (primary N) is 1. The van der Waals surface area contributed by atoms with Crippen molar-refractivity contribution >= 4 is 45.1 Å². The first kappa shape index (κ1) is 19.6. The van der Waals surface area contributed by atoms with Gasteiger partial charge >= 0.3 is 0 Å². The van der Waals surface area contributed by atoms with Gasteiger partial charge in [0.2, 0.25) is 0 Å². The number of fused-ring (bicyclic) bond motifs is 2. The van der Waals surface area contributed by atoms with Crippen LogP contribution >= 0.6 is 11.8 Å². The average molecular weight is 426 g/mol. The Morgan fingerprint density at radius 2 is 1.87 bits per heavy atom. The van der Waals surface area contributed by atoms with Gasteiger partial charge in [-0.1, -0.05) is 12.1 Å². The molecule has 2 heterocycles. The molecule has 154 valence electrons. The van der Waals surface area contributed by atoms with Crippen molar-refractivity contribution in [2.45, 2.75) is 11.4 Å². The fourth-order valence-electron chi connectivity index (χ4n) is 3.95. The van der Waals surface area contributed by atoms with Crippen molar-refractivity contribution in [2.75, 3.05) is 11.6 Å². The first-order valence-electron chi connectivity index (χ1n) is 10.1. The summed E-state index contributed by atoms with van der Waals surface area (Å²) < 4.78 is 2.13. The van der Waals surface area contributed by atoms with Gasteiger partial charge < -0.3 is 15.6 Å². The zero-order chi connectivity index (χ0) is 21.4. The van der Waals surface area contributed by atoms with Gasteiger partial charge in [-0.05, 0) is 59.8 Å². The van der Waals surface area contributed by atoms with E-state index in [0.717, 1.165) is 39.1 Å². The Balaban J connectivity index is 1.66. The Morgan fingerprint density at radius 1 is 1.00 bits per heavy atom. The van der Waals surface area contributed by atoms with Gasteiger partial charge in [-0.25, -0.2) is 0 Å². The zero-order valence-corrected chi connectivity index (χ0v) is 18.3. The highest BCUT2D eigenvalue weighted by atomic mass is 32.2. The molecule has 0 aliphatic rings. The molecule has 0 bridgehead atoms. The van der Waals surface area contributed by atoms with Gasteiger partial charge in [0.25, 0.3) is 0 Å². The van der Waals surface area contributed by atoms with E-state index in [0.29, 0.717) is 6.54 Å². The second-order valence-corrected chi connectivity index (χ2v) is 8.36. The molecule has 0 atom stereocenters. The molecule has 5 nitrogen and oxygen atoms in total. The lowest BCUT2D eigenvalue weighted by Crippen LogP contribution is -2.00. The van der Waals surface area contributed by atoms with E-state index in [1.54, 1.807) is 24.2 Å². The van der Waals surface area contributed by atoms with Crippen LogP contribution in [0.15, 0.2) is 78.1 Å². The molecular formula is C25H23N5S. The fourth-order valence-corrected chi connectivity index (χ4v) is 4.49. The predicted molar refractivity (Wildman–Crippen MR) is 131 cm³/mol. The first-order valence-corrected chi connectivity index (χ1v) is 11.3. The molecule has 2 aromatic heterocycles. The normalized spacial score (nSPS) is 11.3. The second-order valence-electron chi connectivity index (χ2n) is 7.51. The first-order chi connectivity index (χ1) is 15.2. The quantitative estimate of drug-likeness (QED) is 0.353. The highest BCUT2D eigenvalue weighted by molar-refractivity contribution is 7.98. The van der Waals surface area contributed by atoms with Gasteiger partial charge in [-0.2, -0.15) is 0 Å². The molecule has 0 spiro atoms. The number of thioether (sulfide) groups is 1. The van der Waals surface area contributed by atoms with Crippen LogP contribution in [0.5, 0.6) is 0 Å². The van der Waals surface area contributed by atoms with Crippen LogP contribution in [-0.4, -0.2) is 20.8 Å². The third-order valence-corrected chi connectivity index (χ3v) is 6.34. The van der Waals surface area contributed by atoms with Crippen molar-refractivity contribution in [3.8, 4) is 11.1 Å². The van der Waals surface area contributed by atoms with Crippen LogP contribution in [0.3, 0.4) is 0 Å². The molecule has 0 unspecified atom stereocenters. The Labute approximate surface area is 185 Å². The largest absolute Gasteiger partial charge is 0.355 e. The number of benzene rings is 3. The van der Waals surface area contributed by atoms with Crippen LogP contribution in [0, 0.1) is 0 Å². The maximum atomic E-state index is 5.87. The van der Waals surface area contributed by atoms with Crippen molar-refractivity contribution < 1.29 is 0 Å². The summed E-state index contributed by atoms with van der Waals surface area (Å²) in [6.07, 6.45) is 7.64. The molecule has 0 saturated heterocycles. The Bertz CT molecular complexity index is 1410. The third kappa shape index (κ3) is 3.65. The lowest BCUT2D eigenvalue weighted by atomic mass is 10.0. The summed E-state index contributed by atoms with van der Waals surface area (Å²) in [4.78, 5) is 10.4. The van der Waals surface area contributed by atoms with Crippen LogP contribution in [0.2, 0.25) is 0 Å². The minimum atomic E-state index is 0.509. The van der Waals surface area contributed by atoms with E-state index in [9.17, 15) is 0 Å². The number of hydrogen-bond acceptors (Lipinski definition) is 5. The van der Waals surface area contributed by atoms with E-state index in [4.69, 9.17) is 5.73 Å². The Kier molecular flexibility index (Phi) is 5.10. The fraction of sp³-hybridized carbons (Fsp3) is 0.120. The maximum absolute atomic E-state index is 5.87. The molecule has 31 heavy (non-hydrogen) atoms. The topological polar surface area (TPSA) is 68.8 Å². The average Bonchev–Trinajstić information content (AvgIpc) is 3.18. The van der Waals surface area contributed by atoms with E-state index in [-0.39, 0.29) is 0 Å². The van der Waals surface area contributed by atoms with Gasteiger partial charge in [0.1, 0.15) is 0 Å². The molecule has 0 radical (unpaired) electrons.